The molecule has 0 bridgehead atoms. The zero-order chi connectivity index (χ0) is 24.1. The zero-order valence-electron chi connectivity index (χ0n) is 19.2. The second-order valence-corrected chi connectivity index (χ2v) is 10.3. The Labute approximate surface area is 199 Å². The molecular weight excluding hydrogens is 456 g/mol. The van der Waals surface area contributed by atoms with Crippen LogP contribution in [0, 0.1) is 0 Å². The lowest BCUT2D eigenvalue weighted by Gasteiger charge is -2.34. The highest BCUT2D eigenvalue weighted by molar-refractivity contribution is 7.89. The first-order valence-corrected chi connectivity index (χ1v) is 12.6. The van der Waals surface area contributed by atoms with Crippen LogP contribution >= 0.6 is 0 Å². The number of tetrazole rings is 1. The average molecular weight is 485 g/mol. The molecule has 4 rings (SSSR count). The first kappa shape index (κ1) is 24.0. The van der Waals surface area contributed by atoms with E-state index in [4.69, 9.17) is 4.74 Å². The molecule has 2 unspecified atom stereocenters. The number of anilines is 1. The lowest BCUT2D eigenvalue weighted by Crippen LogP contribution is -2.48. The molecule has 2 heterocycles. The van der Waals surface area contributed by atoms with Crippen LogP contribution in [0.5, 0.6) is 0 Å². The third-order valence-corrected chi connectivity index (χ3v) is 7.25. The topological polar surface area (TPSA) is 119 Å². The van der Waals surface area contributed by atoms with Crippen molar-refractivity contribution in [2.75, 3.05) is 18.4 Å². The highest BCUT2D eigenvalue weighted by Gasteiger charge is 2.32. The summed E-state index contributed by atoms with van der Waals surface area (Å²) in [5, 5.41) is 15.2. The molecule has 0 spiro atoms. The Kier molecular flexibility index (Phi) is 7.35. The van der Waals surface area contributed by atoms with Crippen molar-refractivity contribution >= 4 is 21.6 Å². The van der Waals surface area contributed by atoms with Gasteiger partial charge in [0.25, 0.3) is 0 Å². The van der Waals surface area contributed by atoms with Crippen molar-refractivity contribution in [2.24, 2.45) is 0 Å². The van der Waals surface area contributed by atoms with Gasteiger partial charge in [-0.15, -0.1) is 10.2 Å². The van der Waals surface area contributed by atoms with Crippen LogP contribution in [0.3, 0.4) is 0 Å². The van der Waals surface area contributed by atoms with Crippen molar-refractivity contribution in [3.8, 4) is 11.4 Å². The van der Waals surface area contributed by atoms with Gasteiger partial charge in [0.1, 0.15) is 0 Å². The van der Waals surface area contributed by atoms with Crippen LogP contribution in [0.4, 0.5) is 5.69 Å². The Hall–Kier alpha value is -3.15. The Bertz CT molecular complexity index is 1200. The standard InChI is InChI=1S/C23H28N6O4S/c1-17-15-28(16-18(2)33-17)34(31,32)21-12-10-20(11-13-21)24-22(30)9-6-14-29-26-23(25-27-29)19-7-4-3-5-8-19/h3-5,7-8,10-13,17-18H,6,9,14-16H2,1-2H3,(H,24,30). The lowest BCUT2D eigenvalue weighted by molar-refractivity contribution is -0.116. The summed E-state index contributed by atoms with van der Waals surface area (Å²) in [6.07, 6.45) is 0.492. The largest absolute Gasteiger partial charge is 0.373 e. The summed E-state index contributed by atoms with van der Waals surface area (Å²) in [6.45, 7) is 4.81. The van der Waals surface area contributed by atoms with Gasteiger partial charge in [0.2, 0.25) is 21.8 Å². The zero-order valence-corrected chi connectivity index (χ0v) is 20.0. The number of ether oxygens (including phenoxy) is 1. The number of nitrogens with one attached hydrogen (secondary N) is 1. The van der Waals surface area contributed by atoms with Gasteiger partial charge in [-0.25, -0.2) is 8.42 Å². The fourth-order valence-corrected chi connectivity index (χ4v) is 5.42. The van der Waals surface area contributed by atoms with Gasteiger partial charge in [-0.05, 0) is 49.7 Å². The van der Waals surface area contributed by atoms with Gasteiger partial charge in [0.15, 0.2) is 0 Å². The maximum absolute atomic E-state index is 12.9. The minimum Gasteiger partial charge on any atom is -0.373 e. The highest BCUT2D eigenvalue weighted by atomic mass is 32.2. The summed E-state index contributed by atoms with van der Waals surface area (Å²) in [6, 6.07) is 15.8. The highest BCUT2D eigenvalue weighted by Crippen LogP contribution is 2.22. The van der Waals surface area contributed by atoms with E-state index in [0.29, 0.717) is 37.6 Å². The molecule has 2 atom stereocenters. The summed E-state index contributed by atoms with van der Waals surface area (Å²) in [5.41, 5.74) is 1.42. The molecule has 1 aliphatic heterocycles. The van der Waals surface area contributed by atoms with Gasteiger partial charge in [0.05, 0.1) is 23.6 Å². The average Bonchev–Trinajstić information content (AvgIpc) is 3.28. The van der Waals surface area contributed by atoms with Crippen LogP contribution in [-0.4, -0.2) is 64.1 Å². The summed E-state index contributed by atoms with van der Waals surface area (Å²) in [4.78, 5) is 14.0. The van der Waals surface area contributed by atoms with Crippen molar-refractivity contribution < 1.29 is 17.9 Å². The number of sulfonamides is 1. The van der Waals surface area contributed by atoms with E-state index in [1.54, 1.807) is 12.1 Å². The van der Waals surface area contributed by atoms with Gasteiger partial charge >= 0.3 is 0 Å². The molecule has 1 aromatic heterocycles. The van der Waals surface area contributed by atoms with E-state index < -0.39 is 10.0 Å². The molecule has 10 nitrogen and oxygen atoms in total. The second kappa shape index (κ2) is 10.4. The monoisotopic (exact) mass is 484 g/mol. The van der Waals surface area contributed by atoms with E-state index in [1.165, 1.54) is 21.2 Å². The smallest absolute Gasteiger partial charge is 0.243 e. The Morgan fingerprint density at radius 1 is 1.06 bits per heavy atom. The molecule has 2 aromatic carbocycles. The number of rotatable bonds is 8. The molecule has 1 amide bonds. The van der Waals surface area contributed by atoms with Gasteiger partial charge in [-0.3, -0.25) is 4.79 Å². The number of nitrogens with zero attached hydrogens (tertiary/aromatic N) is 5. The number of aromatic nitrogens is 4. The quantitative estimate of drug-likeness (QED) is 0.522. The number of hydrogen-bond acceptors (Lipinski definition) is 7. The van der Waals surface area contributed by atoms with Crippen LogP contribution in [-0.2, 0) is 26.1 Å². The molecule has 1 aliphatic rings. The Balaban J connectivity index is 1.27. The van der Waals surface area contributed by atoms with Crippen molar-refractivity contribution in [2.45, 2.75) is 50.3 Å². The fraction of sp³-hybridized carbons (Fsp3) is 0.391. The molecule has 34 heavy (non-hydrogen) atoms. The number of hydrogen-bond donors (Lipinski definition) is 1. The van der Waals surface area contributed by atoms with E-state index in [1.807, 2.05) is 44.2 Å². The van der Waals surface area contributed by atoms with E-state index >= 15 is 0 Å². The van der Waals surface area contributed by atoms with Crippen LogP contribution in [0.15, 0.2) is 59.5 Å². The summed E-state index contributed by atoms with van der Waals surface area (Å²) < 4.78 is 33.0. The molecule has 1 N–H and O–H groups in total. The number of carbonyl (C=O) groups excluding carboxylic acids is 1. The van der Waals surface area contributed by atoms with Crippen molar-refractivity contribution in [3.63, 3.8) is 0 Å². The van der Waals surface area contributed by atoms with Crippen LogP contribution in [0.2, 0.25) is 0 Å². The number of aryl methyl sites for hydroxylation is 1. The van der Waals surface area contributed by atoms with Gasteiger partial charge in [0, 0.05) is 30.8 Å². The maximum Gasteiger partial charge on any atom is 0.243 e. The van der Waals surface area contributed by atoms with Crippen molar-refractivity contribution in [3.05, 3.63) is 54.6 Å². The van der Waals surface area contributed by atoms with E-state index in [9.17, 15) is 13.2 Å². The van der Waals surface area contributed by atoms with Crippen LogP contribution in [0.1, 0.15) is 26.7 Å². The van der Waals surface area contributed by atoms with Gasteiger partial charge in [-0.1, -0.05) is 30.3 Å². The fourth-order valence-electron chi connectivity index (χ4n) is 3.83. The third kappa shape index (κ3) is 5.85. The number of morpholine rings is 1. The van der Waals surface area contributed by atoms with Crippen LogP contribution in [0.25, 0.3) is 11.4 Å². The molecule has 1 fully saturated rings. The summed E-state index contributed by atoms with van der Waals surface area (Å²) in [7, 11) is -3.62. The van der Waals surface area contributed by atoms with E-state index in [0.717, 1.165) is 5.56 Å². The molecular formula is C23H28N6O4S. The number of benzene rings is 2. The molecule has 3 aromatic rings. The van der Waals surface area contributed by atoms with E-state index in [2.05, 4.69) is 20.7 Å². The van der Waals surface area contributed by atoms with Gasteiger partial charge in [-0.2, -0.15) is 9.10 Å². The maximum atomic E-state index is 12.9. The predicted molar refractivity (Wildman–Crippen MR) is 126 cm³/mol. The normalized spacial score (nSPS) is 19.1. The van der Waals surface area contributed by atoms with Crippen LogP contribution < -0.4 is 5.32 Å². The Morgan fingerprint density at radius 2 is 1.74 bits per heavy atom. The Morgan fingerprint density at radius 3 is 2.41 bits per heavy atom. The molecule has 0 radical (unpaired) electrons. The first-order valence-electron chi connectivity index (χ1n) is 11.2. The van der Waals surface area contributed by atoms with E-state index in [-0.39, 0.29) is 29.4 Å². The molecule has 11 heteroatoms. The second-order valence-electron chi connectivity index (χ2n) is 8.33. The molecule has 1 saturated heterocycles. The molecule has 0 aliphatic carbocycles. The lowest BCUT2D eigenvalue weighted by atomic mass is 10.2. The summed E-state index contributed by atoms with van der Waals surface area (Å²) in [5.74, 6) is 0.371. The molecule has 0 saturated carbocycles. The van der Waals surface area contributed by atoms with Crippen molar-refractivity contribution in [1.82, 2.24) is 24.5 Å². The number of amides is 1. The SMILES string of the molecule is CC1CN(S(=O)(=O)c2ccc(NC(=O)CCCn3nnc(-c4ccccc4)n3)cc2)CC(C)O1. The number of carbonyl (C=O) groups is 1. The minimum absolute atomic E-state index is 0.158. The summed E-state index contributed by atoms with van der Waals surface area (Å²) >= 11 is 0. The first-order chi connectivity index (χ1) is 16.3. The molecule has 180 valence electrons. The predicted octanol–water partition coefficient (Wildman–Crippen LogP) is 2.56. The minimum atomic E-state index is -3.62. The third-order valence-electron chi connectivity index (χ3n) is 5.41. The van der Waals surface area contributed by atoms with Crippen molar-refractivity contribution in [1.29, 1.82) is 0 Å². The van der Waals surface area contributed by atoms with Gasteiger partial charge < -0.3 is 10.1 Å².